The van der Waals surface area contributed by atoms with Crippen molar-refractivity contribution in [1.29, 1.82) is 0 Å². The molecule has 0 bridgehead atoms. The molecule has 36 heavy (non-hydrogen) atoms. The molecule has 0 atom stereocenters. The number of nitrogens with one attached hydrogen (secondary N) is 2. The number of carbonyl (C=O) groups excluding carboxylic acids is 4. The molecule has 2 aliphatic heterocycles. The Morgan fingerprint density at radius 3 is 2.53 bits per heavy atom. The second kappa shape index (κ2) is 9.45. The number of thiophene rings is 1. The Hall–Kier alpha value is -3.60. The number of halogens is 2. The van der Waals surface area contributed by atoms with Crippen LogP contribution in [0.25, 0.3) is 0 Å². The van der Waals surface area contributed by atoms with Crippen LogP contribution in [0.1, 0.15) is 36.7 Å². The summed E-state index contributed by atoms with van der Waals surface area (Å²) < 4.78 is 5.16. The fraction of sp³-hybridized carbons (Fsp3) is 0.167. The number of hydrogen-bond acceptors (Lipinski definition) is 6. The summed E-state index contributed by atoms with van der Waals surface area (Å²) in [4.78, 5) is 51.9. The first-order valence-electron chi connectivity index (χ1n) is 10.8. The van der Waals surface area contributed by atoms with Crippen LogP contribution in [-0.4, -0.2) is 35.3 Å². The number of primary amides is 1. The van der Waals surface area contributed by atoms with E-state index in [2.05, 4.69) is 10.6 Å². The molecule has 0 saturated carbocycles. The van der Waals surface area contributed by atoms with E-state index >= 15 is 0 Å². The molecule has 1 aromatic heterocycles. The van der Waals surface area contributed by atoms with Crippen LogP contribution in [0.5, 0.6) is 5.75 Å². The highest BCUT2D eigenvalue weighted by Gasteiger charge is 2.31. The number of rotatable bonds is 4. The molecule has 4 N–H and O–H groups in total. The predicted molar refractivity (Wildman–Crippen MR) is 136 cm³/mol. The van der Waals surface area contributed by atoms with Crippen LogP contribution in [0.4, 0.5) is 15.5 Å². The number of urea groups is 1. The molecule has 2 aromatic carbocycles. The van der Waals surface area contributed by atoms with Gasteiger partial charge in [-0.05, 0) is 42.3 Å². The van der Waals surface area contributed by atoms with Crippen molar-refractivity contribution in [1.82, 2.24) is 4.90 Å². The van der Waals surface area contributed by atoms with E-state index in [0.717, 1.165) is 10.4 Å². The lowest BCUT2D eigenvalue weighted by Crippen LogP contribution is -2.36. The van der Waals surface area contributed by atoms with Gasteiger partial charge in [-0.2, -0.15) is 0 Å². The Kier molecular flexibility index (Phi) is 6.33. The maximum Gasteiger partial charge on any atom is 0.324 e. The van der Waals surface area contributed by atoms with Crippen molar-refractivity contribution < 1.29 is 23.9 Å². The summed E-state index contributed by atoms with van der Waals surface area (Å²) in [6.07, 6.45) is 0.582. The first kappa shape index (κ1) is 24.1. The van der Waals surface area contributed by atoms with Gasteiger partial charge in [0.05, 0.1) is 18.5 Å². The molecule has 0 radical (unpaired) electrons. The Morgan fingerprint density at radius 1 is 1.06 bits per heavy atom. The van der Waals surface area contributed by atoms with Crippen molar-refractivity contribution in [3.8, 4) is 5.75 Å². The molecule has 0 fully saturated rings. The lowest BCUT2D eigenvalue weighted by molar-refractivity contribution is -0.131. The van der Waals surface area contributed by atoms with E-state index in [-0.39, 0.29) is 35.4 Å². The van der Waals surface area contributed by atoms with Crippen molar-refractivity contribution in [2.75, 3.05) is 17.2 Å². The zero-order valence-corrected chi connectivity index (χ0v) is 20.9. The van der Waals surface area contributed by atoms with Gasteiger partial charge in [-0.25, -0.2) is 4.79 Å². The summed E-state index contributed by atoms with van der Waals surface area (Å²) in [6.45, 7) is 0.593. The monoisotopic (exact) mass is 544 g/mol. The van der Waals surface area contributed by atoms with Gasteiger partial charge in [0, 0.05) is 38.3 Å². The highest BCUT2D eigenvalue weighted by molar-refractivity contribution is 7.17. The minimum absolute atomic E-state index is 0.190. The molecule has 0 aliphatic carbocycles. The van der Waals surface area contributed by atoms with Gasteiger partial charge in [-0.15, -0.1) is 11.3 Å². The average molecular weight is 545 g/mol. The van der Waals surface area contributed by atoms with Crippen LogP contribution >= 0.6 is 34.5 Å². The maximum atomic E-state index is 13.1. The molecule has 12 heteroatoms. The number of nitrogens with two attached hydrogens (primary N) is 1. The zero-order chi connectivity index (χ0) is 25.6. The molecule has 9 nitrogen and oxygen atoms in total. The molecule has 0 saturated heterocycles. The van der Waals surface area contributed by atoms with E-state index in [0.29, 0.717) is 45.6 Å². The normalized spacial score (nSPS) is 14.1. The van der Waals surface area contributed by atoms with E-state index in [9.17, 15) is 19.2 Å². The predicted octanol–water partition coefficient (Wildman–Crippen LogP) is 4.46. The number of carbonyl (C=O) groups is 4. The Balaban J connectivity index is 1.34. The summed E-state index contributed by atoms with van der Waals surface area (Å²) in [6, 6.07) is 8.95. The fourth-order valence-electron chi connectivity index (χ4n) is 4.24. The quantitative estimate of drug-likeness (QED) is 0.329. The van der Waals surface area contributed by atoms with Crippen LogP contribution in [-0.2, 0) is 24.2 Å². The molecule has 5 rings (SSSR count). The number of amides is 4. The lowest BCUT2D eigenvalue weighted by atomic mass is 10.0. The number of hydrogen-bond donors (Lipinski definition) is 3. The number of anilines is 2. The molecular formula is C24H18Cl2N4O5S. The standard InChI is InChI=1S/C24H18Cl2N4O5S/c25-13-7-14(26)9-15(8-13)28-24(34)29-22-20(21(27)32)16-3-4-30(10-18(16)36-22)23(33)12-2-1-11-6-19(31)35-17(11)5-12/h1-2,5,7-9H,3-4,6,10H2,(H2,27,32)(H2,28,29,34). The Labute approximate surface area is 219 Å². The molecule has 2 aliphatic rings. The zero-order valence-electron chi connectivity index (χ0n) is 18.5. The SMILES string of the molecule is NC(=O)c1c(NC(=O)Nc2cc(Cl)cc(Cl)c2)sc2c1CCN(C(=O)c1ccc3c(c1)OC(=O)C3)C2. The molecule has 3 aromatic rings. The third-order valence-electron chi connectivity index (χ3n) is 5.81. The number of esters is 1. The second-order valence-electron chi connectivity index (χ2n) is 8.26. The van der Waals surface area contributed by atoms with Crippen LogP contribution in [0, 0.1) is 0 Å². The summed E-state index contributed by atoms with van der Waals surface area (Å²) >= 11 is 13.1. The van der Waals surface area contributed by atoms with E-state index in [1.807, 2.05) is 0 Å². The number of ether oxygens (including phenoxy) is 1. The third kappa shape index (κ3) is 4.75. The van der Waals surface area contributed by atoms with Gasteiger partial charge in [-0.1, -0.05) is 29.3 Å². The molecule has 3 heterocycles. The van der Waals surface area contributed by atoms with Gasteiger partial charge in [0.2, 0.25) is 0 Å². The maximum absolute atomic E-state index is 13.1. The number of fused-ring (bicyclic) bond motifs is 2. The van der Waals surface area contributed by atoms with Gasteiger partial charge >= 0.3 is 12.0 Å². The summed E-state index contributed by atoms with van der Waals surface area (Å²) in [5.41, 5.74) is 8.10. The van der Waals surface area contributed by atoms with Crippen LogP contribution in [0.3, 0.4) is 0 Å². The van der Waals surface area contributed by atoms with Crippen LogP contribution in [0.2, 0.25) is 10.0 Å². The summed E-state index contributed by atoms with van der Waals surface area (Å²) in [7, 11) is 0. The molecule has 4 amide bonds. The molecule has 184 valence electrons. The van der Waals surface area contributed by atoms with E-state index in [1.165, 1.54) is 29.5 Å². The molecular weight excluding hydrogens is 527 g/mol. The minimum Gasteiger partial charge on any atom is -0.426 e. The van der Waals surface area contributed by atoms with Gasteiger partial charge in [-0.3, -0.25) is 19.7 Å². The Bertz CT molecular complexity index is 1430. The third-order valence-corrected chi connectivity index (χ3v) is 7.38. The first-order valence-corrected chi connectivity index (χ1v) is 12.4. The largest absolute Gasteiger partial charge is 0.426 e. The topological polar surface area (TPSA) is 131 Å². The van der Waals surface area contributed by atoms with Crippen molar-refractivity contribution >= 4 is 69.0 Å². The van der Waals surface area contributed by atoms with Crippen molar-refractivity contribution in [3.63, 3.8) is 0 Å². The summed E-state index contributed by atoms with van der Waals surface area (Å²) in [5.74, 6) is -0.856. The highest BCUT2D eigenvalue weighted by atomic mass is 35.5. The number of benzene rings is 2. The minimum atomic E-state index is -0.672. The van der Waals surface area contributed by atoms with E-state index in [1.54, 1.807) is 23.1 Å². The fourth-order valence-corrected chi connectivity index (χ4v) is 6.03. The molecule has 0 unspecified atom stereocenters. The average Bonchev–Trinajstić information content (AvgIpc) is 3.35. The summed E-state index contributed by atoms with van der Waals surface area (Å²) in [5, 5.41) is 6.30. The van der Waals surface area contributed by atoms with Gasteiger partial charge in [0.25, 0.3) is 11.8 Å². The lowest BCUT2D eigenvalue weighted by Gasteiger charge is -2.27. The van der Waals surface area contributed by atoms with Crippen molar-refractivity contribution in [3.05, 3.63) is 73.6 Å². The molecule has 0 spiro atoms. The van der Waals surface area contributed by atoms with Gasteiger partial charge < -0.3 is 20.7 Å². The van der Waals surface area contributed by atoms with Gasteiger partial charge in [0.1, 0.15) is 10.8 Å². The first-order chi connectivity index (χ1) is 17.2. The van der Waals surface area contributed by atoms with Gasteiger partial charge in [0.15, 0.2) is 0 Å². The Morgan fingerprint density at radius 2 is 1.81 bits per heavy atom. The van der Waals surface area contributed by atoms with E-state index < -0.39 is 11.9 Å². The number of nitrogens with zero attached hydrogens (tertiary/aromatic N) is 1. The van der Waals surface area contributed by atoms with Crippen molar-refractivity contribution in [2.45, 2.75) is 19.4 Å². The van der Waals surface area contributed by atoms with Crippen LogP contribution < -0.4 is 21.1 Å². The van der Waals surface area contributed by atoms with E-state index in [4.69, 9.17) is 33.7 Å². The van der Waals surface area contributed by atoms with Crippen molar-refractivity contribution in [2.24, 2.45) is 5.73 Å². The second-order valence-corrected chi connectivity index (χ2v) is 10.2. The van der Waals surface area contributed by atoms with Crippen LogP contribution in [0.15, 0.2) is 36.4 Å². The smallest absolute Gasteiger partial charge is 0.324 e. The highest BCUT2D eigenvalue weighted by Crippen LogP contribution is 2.38.